The Balaban J connectivity index is 2.48. The van der Waals surface area contributed by atoms with Crippen LogP contribution < -0.4 is 5.32 Å². The molecule has 1 unspecified atom stereocenters. The van der Waals surface area contributed by atoms with E-state index in [2.05, 4.69) is 71.1 Å². The van der Waals surface area contributed by atoms with Crippen LogP contribution in [0.5, 0.6) is 0 Å². The Labute approximate surface area is 132 Å². The van der Waals surface area contributed by atoms with Gasteiger partial charge < -0.3 is 5.32 Å². The van der Waals surface area contributed by atoms with E-state index in [0.29, 0.717) is 5.02 Å². The van der Waals surface area contributed by atoms with Crippen molar-refractivity contribution < 1.29 is 0 Å². The number of nitrogens with zero attached hydrogens (tertiary/aromatic N) is 2. The van der Waals surface area contributed by atoms with E-state index < -0.39 is 0 Å². The summed E-state index contributed by atoms with van der Waals surface area (Å²) in [6.45, 7) is 5.86. The molecule has 1 atom stereocenters. The first kappa shape index (κ1) is 14.8. The van der Waals surface area contributed by atoms with Crippen molar-refractivity contribution in [3.05, 3.63) is 50.3 Å². The first-order valence-electron chi connectivity index (χ1n) is 6.37. The fraction of sp³-hybridized carbons (Fsp3) is 0.357. The van der Waals surface area contributed by atoms with Gasteiger partial charge in [-0.15, -0.1) is 0 Å². The smallest absolute Gasteiger partial charge is 0.0837 e. The van der Waals surface area contributed by atoms with Gasteiger partial charge in [-0.1, -0.05) is 30.7 Å². The number of benzene rings is 1. The number of hydrogen-bond acceptors (Lipinski definition) is 2. The fourth-order valence-corrected chi connectivity index (χ4v) is 2.99. The van der Waals surface area contributed by atoms with E-state index in [4.69, 9.17) is 11.6 Å². The molecule has 0 saturated heterocycles. The molecule has 0 amide bonds. The zero-order valence-electron chi connectivity index (χ0n) is 11.0. The minimum Gasteiger partial charge on any atom is -0.305 e. The van der Waals surface area contributed by atoms with Crippen LogP contribution in [0.4, 0.5) is 0 Å². The molecule has 0 spiro atoms. The van der Waals surface area contributed by atoms with E-state index >= 15 is 0 Å². The van der Waals surface area contributed by atoms with Crippen molar-refractivity contribution in [3.8, 4) is 0 Å². The monoisotopic (exact) mass is 389 g/mol. The minimum absolute atomic E-state index is 0.0784. The fourth-order valence-electron chi connectivity index (χ4n) is 2.17. The highest BCUT2D eigenvalue weighted by Crippen LogP contribution is 2.29. The molecule has 0 aliphatic rings. The van der Waals surface area contributed by atoms with Gasteiger partial charge in [-0.3, -0.25) is 4.68 Å². The van der Waals surface area contributed by atoms with Crippen LogP contribution in [0.2, 0.25) is 5.02 Å². The molecule has 1 heterocycles. The Bertz CT molecular complexity index is 553. The Kier molecular flexibility index (Phi) is 5.24. The highest BCUT2D eigenvalue weighted by atomic mass is 127. The van der Waals surface area contributed by atoms with E-state index in [9.17, 15) is 0 Å². The van der Waals surface area contributed by atoms with Crippen LogP contribution in [0.3, 0.4) is 0 Å². The van der Waals surface area contributed by atoms with Crippen LogP contribution in [0.15, 0.2) is 30.5 Å². The summed E-state index contributed by atoms with van der Waals surface area (Å²) in [6.07, 6.45) is 1.72. The molecule has 1 aromatic carbocycles. The number of rotatable bonds is 5. The number of aryl methyl sites for hydroxylation is 1. The molecule has 1 aromatic heterocycles. The summed E-state index contributed by atoms with van der Waals surface area (Å²) in [4.78, 5) is 0. The molecular formula is C14H17ClIN3. The standard InChI is InChI=1S/C14H17ClIN3/c1-3-17-13(10-6-5-7-11(16)8-10)14-12(15)9-18-19(14)4-2/h5-9,13,17H,3-4H2,1-2H3. The molecule has 2 aromatic rings. The molecule has 0 fully saturated rings. The molecule has 2 rings (SSSR count). The Morgan fingerprint density at radius 1 is 1.42 bits per heavy atom. The van der Waals surface area contributed by atoms with Crippen molar-refractivity contribution in [3.63, 3.8) is 0 Å². The second kappa shape index (κ2) is 6.72. The molecular weight excluding hydrogens is 373 g/mol. The molecule has 102 valence electrons. The average molecular weight is 390 g/mol. The molecule has 5 heteroatoms. The molecule has 0 saturated carbocycles. The minimum atomic E-state index is 0.0784. The topological polar surface area (TPSA) is 29.9 Å². The molecule has 19 heavy (non-hydrogen) atoms. The summed E-state index contributed by atoms with van der Waals surface area (Å²) in [7, 11) is 0. The second-order valence-electron chi connectivity index (χ2n) is 4.24. The van der Waals surface area contributed by atoms with Gasteiger partial charge in [0.25, 0.3) is 0 Å². The third kappa shape index (κ3) is 3.30. The van der Waals surface area contributed by atoms with E-state index in [1.165, 1.54) is 9.13 Å². The quantitative estimate of drug-likeness (QED) is 0.787. The largest absolute Gasteiger partial charge is 0.305 e. The van der Waals surface area contributed by atoms with Crippen LogP contribution in [0, 0.1) is 3.57 Å². The normalized spacial score (nSPS) is 12.6. The van der Waals surface area contributed by atoms with E-state index in [0.717, 1.165) is 18.8 Å². The van der Waals surface area contributed by atoms with Crippen molar-refractivity contribution in [2.75, 3.05) is 6.54 Å². The van der Waals surface area contributed by atoms with E-state index in [1.54, 1.807) is 6.20 Å². The van der Waals surface area contributed by atoms with Gasteiger partial charge in [-0.2, -0.15) is 5.10 Å². The SMILES string of the molecule is CCNC(c1cccc(I)c1)c1c(Cl)cnn1CC. The summed E-state index contributed by atoms with van der Waals surface area (Å²) in [5.41, 5.74) is 2.25. The molecule has 3 nitrogen and oxygen atoms in total. The average Bonchev–Trinajstić information content (AvgIpc) is 2.77. The Morgan fingerprint density at radius 3 is 2.84 bits per heavy atom. The van der Waals surface area contributed by atoms with Crippen molar-refractivity contribution in [1.29, 1.82) is 0 Å². The maximum atomic E-state index is 6.32. The first-order valence-corrected chi connectivity index (χ1v) is 7.83. The number of halogens is 2. The lowest BCUT2D eigenvalue weighted by molar-refractivity contribution is 0.542. The van der Waals surface area contributed by atoms with Gasteiger partial charge in [-0.25, -0.2) is 0 Å². The summed E-state index contributed by atoms with van der Waals surface area (Å²) >= 11 is 8.65. The van der Waals surface area contributed by atoms with Crippen molar-refractivity contribution in [1.82, 2.24) is 15.1 Å². The summed E-state index contributed by atoms with van der Waals surface area (Å²) in [5.74, 6) is 0. The lowest BCUT2D eigenvalue weighted by atomic mass is 10.0. The molecule has 0 bridgehead atoms. The third-order valence-corrected chi connectivity index (χ3v) is 3.96. The van der Waals surface area contributed by atoms with Gasteiger partial charge in [0.2, 0.25) is 0 Å². The lowest BCUT2D eigenvalue weighted by Gasteiger charge is -2.20. The Morgan fingerprint density at radius 2 is 2.21 bits per heavy atom. The summed E-state index contributed by atoms with van der Waals surface area (Å²) < 4.78 is 3.17. The maximum absolute atomic E-state index is 6.32. The maximum Gasteiger partial charge on any atom is 0.0837 e. The summed E-state index contributed by atoms with van der Waals surface area (Å²) in [6, 6.07) is 8.54. The molecule has 0 aliphatic heterocycles. The van der Waals surface area contributed by atoms with Gasteiger partial charge in [0.15, 0.2) is 0 Å². The number of hydrogen-bond donors (Lipinski definition) is 1. The predicted octanol–water partition coefficient (Wildman–Crippen LogP) is 3.86. The van der Waals surface area contributed by atoms with Gasteiger partial charge >= 0.3 is 0 Å². The van der Waals surface area contributed by atoms with Gasteiger partial charge in [-0.05, 0) is 53.8 Å². The van der Waals surface area contributed by atoms with Gasteiger partial charge in [0, 0.05) is 10.1 Å². The van der Waals surface area contributed by atoms with Crippen molar-refractivity contribution >= 4 is 34.2 Å². The van der Waals surface area contributed by atoms with Crippen LogP contribution in [-0.4, -0.2) is 16.3 Å². The van der Waals surface area contributed by atoms with Crippen LogP contribution in [0.25, 0.3) is 0 Å². The van der Waals surface area contributed by atoms with Gasteiger partial charge in [0.05, 0.1) is 23.0 Å². The van der Waals surface area contributed by atoms with E-state index in [1.807, 2.05) is 4.68 Å². The molecule has 0 radical (unpaired) electrons. The van der Waals surface area contributed by atoms with Gasteiger partial charge in [0.1, 0.15) is 0 Å². The Hall–Kier alpha value is -0.590. The molecule has 1 N–H and O–H groups in total. The van der Waals surface area contributed by atoms with Crippen LogP contribution >= 0.6 is 34.2 Å². The van der Waals surface area contributed by atoms with E-state index in [-0.39, 0.29) is 6.04 Å². The summed E-state index contributed by atoms with van der Waals surface area (Å²) in [5, 5.41) is 8.54. The number of nitrogens with one attached hydrogen (secondary N) is 1. The first-order chi connectivity index (χ1) is 9.17. The predicted molar refractivity (Wildman–Crippen MR) is 87.6 cm³/mol. The van der Waals surface area contributed by atoms with Crippen molar-refractivity contribution in [2.45, 2.75) is 26.4 Å². The third-order valence-electron chi connectivity index (χ3n) is 3.00. The van der Waals surface area contributed by atoms with Crippen LogP contribution in [0.1, 0.15) is 31.1 Å². The molecule has 0 aliphatic carbocycles. The zero-order valence-corrected chi connectivity index (χ0v) is 13.9. The number of aromatic nitrogens is 2. The van der Waals surface area contributed by atoms with Crippen LogP contribution in [-0.2, 0) is 6.54 Å². The highest BCUT2D eigenvalue weighted by Gasteiger charge is 2.21. The van der Waals surface area contributed by atoms with Crippen molar-refractivity contribution in [2.24, 2.45) is 0 Å². The lowest BCUT2D eigenvalue weighted by Crippen LogP contribution is -2.25. The zero-order chi connectivity index (χ0) is 13.8. The highest BCUT2D eigenvalue weighted by molar-refractivity contribution is 14.1. The second-order valence-corrected chi connectivity index (χ2v) is 5.89.